The Morgan fingerprint density at radius 1 is 0.699 bits per heavy atom. The second-order valence-electron chi connectivity index (χ2n) is 22.9. The molecule has 0 atom stereocenters. The normalized spacial score (nSPS) is 13.5. The minimum absolute atomic E-state index is 0. The first-order valence-electron chi connectivity index (χ1n) is 27.9. The van der Waals surface area contributed by atoms with Gasteiger partial charge in [-0.1, -0.05) is 150 Å². The van der Waals surface area contributed by atoms with E-state index < -0.39 is 31.9 Å². The number of thiophene rings is 1. The van der Waals surface area contributed by atoms with E-state index in [1.54, 1.807) is 12.1 Å². The summed E-state index contributed by atoms with van der Waals surface area (Å²) < 4.78 is 46.0. The van der Waals surface area contributed by atoms with E-state index in [1.165, 1.54) is 70.9 Å². The number of hydrogen-bond acceptors (Lipinski definition) is 3. The third kappa shape index (κ3) is 11.6. The molecule has 0 aliphatic carbocycles. The number of pyridine rings is 1. The number of rotatable bonds is 9. The fourth-order valence-corrected chi connectivity index (χ4v) is 13.7. The first kappa shape index (κ1) is 47.3. The van der Waals surface area contributed by atoms with Crippen LogP contribution in [0.4, 0.5) is 0 Å². The number of benzene rings is 7. The van der Waals surface area contributed by atoms with E-state index in [1.807, 2.05) is 44.4 Å². The van der Waals surface area contributed by atoms with Crippen molar-refractivity contribution in [3.05, 3.63) is 192 Å². The molecule has 10 aromatic rings. The van der Waals surface area contributed by atoms with Crippen molar-refractivity contribution in [2.24, 2.45) is 5.41 Å². The molecule has 0 spiro atoms. The minimum Gasteiger partial charge on any atom is 0 e. The molecule has 0 saturated heterocycles. The van der Waals surface area contributed by atoms with Gasteiger partial charge >= 0.3 is 145 Å². The molecule has 3 heterocycles. The number of imidazole rings is 1. The molecule has 0 saturated carbocycles. The fraction of sp³-hybridized carbons (Fsp3) is 0.284. The van der Waals surface area contributed by atoms with Gasteiger partial charge in [0.2, 0.25) is 0 Å². The Labute approximate surface area is 463 Å². The summed E-state index contributed by atoms with van der Waals surface area (Å²) in [6, 6.07) is 57.4. The summed E-state index contributed by atoms with van der Waals surface area (Å²) in [5, 5.41) is 2.52. The molecule has 0 fully saturated rings. The average Bonchev–Trinajstić information content (AvgIpc) is 4.15. The maximum Gasteiger partial charge on any atom is 0 e. The predicted octanol–water partition coefficient (Wildman–Crippen LogP) is 18.7. The van der Waals surface area contributed by atoms with Crippen LogP contribution in [0.15, 0.2) is 152 Å². The zero-order valence-corrected chi connectivity index (χ0v) is 50.0. The SMILES string of the molecule is CC(C)c1cc(C(C)(C)C)cc(C(C)C)c1-n1c(-c2[c-]ccc3c2sc2cc(-c4ccc(-c5ccccc5)cc4)ccc23)nc2ccccc21.[2H]C([2H])([2H])c1c[c-]c(-c2cc(C([2H])([2H])C(C)(C)C)[c]([Ge]([CH3])([CH3])[CH3])cn2)cc1.[Ir]. The van der Waals surface area contributed by atoms with Crippen molar-refractivity contribution in [3.63, 3.8) is 0 Å². The standard InChI is InChI=1S/C47H43N2S.C20H28GeN.Ir/c1-29(2)39-27-35(47(5,6)7)28-40(30(3)4)44(39)49-42-19-12-11-18-41(42)48-46(49)38-17-13-16-37-36-25-24-34(26-43(36)50-45(37)38)33-22-20-32(21-23-33)31-14-9-8-10-15-31;1-15-8-10-16(11-9-15)19-12-17(13-20(2,3)4)18(14-22-19)21(5,6)7;/h8-16,18-30H,1-7H3;8-10,12,14H,13H2,1-7H3;/q2*-1;/i;1D3,13D2;. The number of aryl methyl sites for hydroxylation is 1. The Balaban J connectivity index is 0.000000244. The number of hydrogen-bond donors (Lipinski definition) is 0. The molecule has 0 aliphatic heterocycles. The summed E-state index contributed by atoms with van der Waals surface area (Å²) in [4.78, 5) is 9.96. The van der Waals surface area contributed by atoms with Crippen LogP contribution in [0.5, 0.6) is 0 Å². The van der Waals surface area contributed by atoms with Crippen LogP contribution < -0.4 is 4.40 Å². The summed E-state index contributed by atoms with van der Waals surface area (Å²) in [6.45, 7) is 19.8. The third-order valence-corrected chi connectivity index (χ3v) is 18.8. The Kier molecular flexibility index (Phi) is 13.9. The van der Waals surface area contributed by atoms with Crippen LogP contribution in [0.3, 0.4) is 0 Å². The van der Waals surface area contributed by atoms with Crippen molar-refractivity contribution < 1.29 is 27.0 Å². The van der Waals surface area contributed by atoms with E-state index >= 15 is 0 Å². The van der Waals surface area contributed by atoms with E-state index in [0.29, 0.717) is 28.7 Å². The van der Waals surface area contributed by atoms with Gasteiger partial charge < -0.3 is 4.57 Å². The van der Waals surface area contributed by atoms with Crippen LogP contribution >= 0.6 is 11.3 Å². The second kappa shape index (κ2) is 21.4. The Hall–Kier alpha value is -5.43. The van der Waals surface area contributed by atoms with Crippen molar-refractivity contribution in [1.82, 2.24) is 14.5 Å². The zero-order chi connectivity index (χ0) is 55.6. The van der Waals surface area contributed by atoms with Gasteiger partial charge in [0.05, 0.1) is 16.9 Å². The monoisotopic (exact) mass is 1220 g/mol. The minimum atomic E-state index is -2.36. The van der Waals surface area contributed by atoms with Gasteiger partial charge in [-0.05, 0) is 84.5 Å². The number of fused-ring (bicyclic) bond motifs is 4. The van der Waals surface area contributed by atoms with Crippen LogP contribution in [0.25, 0.3) is 81.8 Å². The van der Waals surface area contributed by atoms with Crippen LogP contribution in [0.2, 0.25) is 17.3 Å². The van der Waals surface area contributed by atoms with E-state index in [4.69, 9.17) is 11.8 Å². The summed E-state index contributed by atoms with van der Waals surface area (Å²) in [5.41, 5.74) is 15.1. The maximum atomic E-state index is 8.80. The molecule has 7 aromatic carbocycles. The smallest absolute Gasteiger partial charge is 0 e. The fourth-order valence-electron chi connectivity index (χ4n) is 9.54. The molecule has 0 aliphatic rings. The van der Waals surface area contributed by atoms with E-state index in [2.05, 4.69) is 209 Å². The van der Waals surface area contributed by atoms with Crippen molar-refractivity contribution in [1.29, 1.82) is 0 Å². The van der Waals surface area contributed by atoms with Crippen molar-refractivity contribution in [2.75, 3.05) is 0 Å². The van der Waals surface area contributed by atoms with Gasteiger partial charge in [0.1, 0.15) is 0 Å². The molecule has 6 heteroatoms. The largest absolute Gasteiger partial charge is 0 e. The number of aromatic nitrogens is 3. The van der Waals surface area contributed by atoms with Crippen molar-refractivity contribution in [2.45, 2.75) is 117 Å². The zero-order valence-electron chi connectivity index (χ0n) is 49.7. The summed E-state index contributed by atoms with van der Waals surface area (Å²) in [5.74, 6) is 8.32. The van der Waals surface area contributed by atoms with Crippen molar-refractivity contribution >= 4 is 60.2 Å². The Bertz CT molecular complexity index is 3730. The third-order valence-electron chi connectivity index (χ3n) is 13.4. The molecule has 73 heavy (non-hydrogen) atoms. The first-order valence-corrected chi connectivity index (χ1v) is 33.5. The topological polar surface area (TPSA) is 30.7 Å². The van der Waals surface area contributed by atoms with Crippen LogP contribution in [-0.4, -0.2) is 27.8 Å². The van der Waals surface area contributed by atoms with E-state index in [-0.39, 0.29) is 31.1 Å². The molecular weight excluding hydrogens is 1140 g/mol. The molecule has 3 aromatic heterocycles. The van der Waals surface area contributed by atoms with Gasteiger partial charge in [0.15, 0.2) is 0 Å². The quantitative estimate of drug-likeness (QED) is 0.107. The molecule has 0 bridgehead atoms. The van der Waals surface area contributed by atoms with Crippen LogP contribution in [0, 0.1) is 24.4 Å². The Morgan fingerprint density at radius 3 is 1.93 bits per heavy atom. The summed E-state index contributed by atoms with van der Waals surface area (Å²) >= 11 is -0.508. The van der Waals surface area contributed by atoms with Gasteiger partial charge in [0.25, 0.3) is 0 Å². The molecule has 0 unspecified atom stereocenters. The molecule has 3 nitrogen and oxygen atoms in total. The van der Waals surface area contributed by atoms with Crippen molar-refractivity contribution in [3.8, 4) is 50.6 Å². The molecule has 0 amide bonds. The summed E-state index contributed by atoms with van der Waals surface area (Å²) in [6.07, 6.45) is 0.303. The molecular formula is C67H71GeIrN3S-2. The Morgan fingerprint density at radius 2 is 1.33 bits per heavy atom. The van der Waals surface area contributed by atoms with Gasteiger partial charge in [-0.15, -0.1) is 18.2 Å². The van der Waals surface area contributed by atoms with Crippen LogP contribution in [-0.2, 0) is 31.9 Å². The molecule has 1 radical (unpaired) electrons. The average molecular weight is 1220 g/mol. The number of para-hydroxylation sites is 2. The van der Waals surface area contributed by atoms with E-state index in [0.717, 1.165) is 26.8 Å². The van der Waals surface area contributed by atoms with E-state index in [9.17, 15) is 0 Å². The molecule has 10 rings (SSSR count). The summed E-state index contributed by atoms with van der Waals surface area (Å²) in [7, 11) is 0. The van der Waals surface area contributed by atoms with Crippen LogP contribution in [0.1, 0.15) is 116 Å². The first-order chi connectivity index (χ1) is 36.1. The van der Waals surface area contributed by atoms with Gasteiger partial charge in [-0.2, -0.15) is 11.3 Å². The predicted molar refractivity (Wildman–Crippen MR) is 315 cm³/mol. The van der Waals surface area contributed by atoms with Gasteiger partial charge in [0, 0.05) is 30.5 Å². The van der Waals surface area contributed by atoms with Gasteiger partial charge in [-0.25, -0.2) is 0 Å². The molecule has 375 valence electrons. The number of nitrogens with zero attached hydrogens (tertiary/aromatic N) is 3. The molecule has 0 N–H and O–H groups in total. The second-order valence-corrected chi connectivity index (χ2v) is 34.5. The van der Waals surface area contributed by atoms with Gasteiger partial charge in [-0.3, -0.25) is 4.98 Å². The maximum absolute atomic E-state index is 8.80.